The number of nitrogens with one attached hydrogen (secondary N) is 1. The minimum absolute atomic E-state index is 0.0226. The Morgan fingerprint density at radius 2 is 2.15 bits per heavy atom. The first-order chi connectivity index (χ1) is 12.9. The topological polar surface area (TPSA) is 97.0 Å². The summed E-state index contributed by atoms with van der Waals surface area (Å²) >= 11 is 1.49. The number of hydrogen-bond donors (Lipinski definition) is 2. The van der Waals surface area contributed by atoms with E-state index in [-0.39, 0.29) is 18.0 Å². The molecule has 9 heteroatoms. The van der Waals surface area contributed by atoms with Crippen LogP contribution in [0.25, 0.3) is 10.2 Å². The third kappa shape index (κ3) is 3.47. The number of likely N-dealkylation sites (tertiary alicyclic amines) is 1. The molecule has 3 aromatic rings. The van der Waals surface area contributed by atoms with Crippen LogP contribution in [0.15, 0.2) is 24.5 Å². The van der Waals surface area contributed by atoms with E-state index >= 15 is 0 Å². The van der Waals surface area contributed by atoms with Gasteiger partial charge in [-0.1, -0.05) is 0 Å². The number of halogens is 1. The predicted molar refractivity (Wildman–Crippen MR) is 102 cm³/mol. The molecule has 1 atom stereocenters. The van der Waals surface area contributed by atoms with Gasteiger partial charge in [-0.2, -0.15) is 0 Å². The minimum atomic E-state index is -0.407. The first-order valence-electron chi connectivity index (χ1n) is 8.60. The number of aromatic nitrogens is 3. The van der Waals surface area contributed by atoms with Crippen LogP contribution >= 0.6 is 11.3 Å². The lowest BCUT2D eigenvalue weighted by Gasteiger charge is -2.36. The van der Waals surface area contributed by atoms with Gasteiger partial charge in [-0.05, 0) is 31.5 Å². The Kier molecular flexibility index (Phi) is 4.48. The number of pyridine rings is 1. The maximum absolute atomic E-state index is 13.4. The summed E-state index contributed by atoms with van der Waals surface area (Å²) < 4.78 is 14.2. The molecule has 27 heavy (non-hydrogen) atoms. The minimum Gasteiger partial charge on any atom is -0.348 e. The number of amides is 1. The van der Waals surface area contributed by atoms with Gasteiger partial charge in [-0.25, -0.2) is 14.4 Å². The molecule has 0 spiro atoms. The number of nitrogens with zero attached hydrogens (tertiary/aromatic N) is 4. The number of thiophene rings is 1. The molecular weight excluding hydrogens is 367 g/mol. The fraction of sp³-hybridized carbons (Fsp3) is 0.333. The van der Waals surface area contributed by atoms with Crippen molar-refractivity contribution in [3.63, 3.8) is 0 Å². The van der Waals surface area contributed by atoms with Crippen LogP contribution in [0, 0.1) is 12.7 Å². The second kappa shape index (κ2) is 6.82. The molecule has 7 nitrogen and oxygen atoms in total. The van der Waals surface area contributed by atoms with Crippen LogP contribution in [0.3, 0.4) is 0 Å². The Bertz CT molecular complexity index is 1020. The molecule has 1 saturated heterocycles. The van der Waals surface area contributed by atoms with Gasteiger partial charge in [0.05, 0.1) is 22.5 Å². The molecule has 0 aromatic carbocycles. The van der Waals surface area contributed by atoms with Crippen LogP contribution in [0.1, 0.15) is 33.9 Å². The Balaban J connectivity index is 1.68. The first kappa shape index (κ1) is 17.7. The summed E-state index contributed by atoms with van der Waals surface area (Å²) in [6, 6.07) is 3.09. The van der Waals surface area contributed by atoms with Crippen molar-refractivity contribution in [2.24, 2.45) is 5.73 Å². The monoisotopic (exact) mass is 386 g/mol. The van der Waals surface area contributed by atoms with Crippen LogP contribution in [-0.2, 0) is 0 Å². The molecule has 140 valence electrons. The predicted octanol–water partition coefficient (Wildman–Crippen LogP) is 2.49. The summed E-state index contributed by atoms with van der Waals surface area (Å²) in [6.45, 7) is 4.89. The highest BCUT2D eigenvalue weighted by molar-refractivity contribution is 7.19. The van der Waals surface area contributed by atoms with Gasteiger partial charge in [0.2, 0.25) is 5.95 Å². The highest BCUT2D eigenvalue weighted by atomic mass is 32.1. The molecular formula is C18H19FN6OS. The van der Waals surface area contributed by atoms with Gasteiger partial charge >= 0.3 is 0 Å². The highest BCUT2D eigenvalue weighted by Crippen LogP contribution is 2.29. The Morgan fingerprint density at radius 3 is 2.85 bits per heavy atom. The molecule has 4 rings (SSSR count). The third-order valence-corrected chi connectivity index (χ3v) is 5.51. The molecule has 1 amide bonds. The van der Waals surface area contributed by atoms with E-state index in [4.69, 9.17) is 5.73 Å². The van der Waals surface area contributed by atoms with Crippen LogP contribution in [0.4, 0.5) is 10.3 Å². The molecule has 3 N–H and O–H groups in total. The van der Waals surface area contributed by atoms with Crippen molar-refractivity contribution in [2.75, 3.05) is 18.4 Å². The van der Waals surface area contributed by atoms with E-state index in [2.05, 4.69) is 20.3 Å². The van der Waals surface area contributed by atoms with E-state index in [9.17, 15) is 9.18 Å². The normalized spacial score (nSPS) is 15.6. The largest absolute Gasteiger partial charge is 0.348 e. The summed E-state index contributed by atoms with van der Waals surface area (Å²) in [5.41, 5.74) is 7.56. The maximum Gasteiger partial charge on any atom is 0.274 e. The number of hydrogen-bond acceptors (Lipinski definition) is 7. The average molecular weight is 386 g/mol. The zero-order valence-electron chi connectivity index (χ0n) is 14.9. The first-order valence-corrected chi connectivity index (χ1v) is 9.42. The number of fused-ring (bicyclic) bond motifs is 1. The quantitative estimate of drug-likeness (QED) is 0.715. The van der Waals surface area contributed by atoms with E-state index in [1.54, 1.807) is 11.1 Å². The van der Waals surface area contributed by atoms with E-state index in [1.807, 2.05) is 19.9 Å². The lowest BCUT2D eigenvalue weighted by Crippen LogP contribution is -2.58. The van der Waals surface area contributed by atoms with Gasteiger partial charge in [-0.15, -0.1) is 11.3 Å². The van der Waals surface area contributed by atoms with Crippen LogP contribution in [0.5, 0.6) is 0 Å². The Labute approximate surface area is 159 Å². The molecule has 0 saturated carbocycles. The van der Waals surface area contributed by atoms with E-state index in [1.165, 1.54) is 17.4 Å². The molecule has 0 bridgehead atoms. The average Bonchev–Trinajstić information content (AvgIpc) is 2.97. The smallest absolute Gasteiger partial charge is 0.274 e. The highest BCUT2D eigenvalue weighted by Gasteiger charge is 2.31. The maximum atomic E-state index is 13.4. The zero-order chi connectivity index (χ0) is 19.1. The Hall–Kier alpha value is -2.65. The number of nitrogens with two attached hydrogens (primary N) is 1. The molecule has 0 aliphatic carbocycles. The van der Waals surface area contributed by atoms with Gasteiger partial charge in [-0.3, -0.25) is 9.78 Å². The second-order valence-electron chi connectivity index (χ2n) is 6.74. The lowest BCUT2D eigenvalue weighted by atomic mass is 10.1. The third-order valence-electron chi connectivity index (χ3n) is 4.47. The summed E-state index contributed by atoms with van der Waals surface area (Å²) in [5.74, 6) is -0.227. The molecule has 1 aliphatic rings. The van der Waals surface area contributed by atoms with Crippen molar-refractivity contribution in [3.05, 3.63) is 46.5 Å². The summed E-state index contributed by atoms with van der Waals surface area (Å²) in [7, 11) is 0. The number of rotatable bonds is 4. The molecule has 0 unspecified atom stereocenters. The fourth-order valence-electron chi connectivity index (χ4n) is 3.03. The Morgan fingerprint density at radius 1 is 1.37 bits per heavy atom. The fourth-order valence-corrected chi connectivity index (χ4v) is 3.96. The van der Waals surface area contributed by atoms with Crippen LogP contribution in [0.2, 0.25) is 0 Å². The number of carbonyl (C=O) groups is 1. The molecule has 3 aromatic heterocycles. The van der Waals surface area contributed by atoms with Gasteiger partial charge in [0.1, 0.15) is 5.82 Å². The molecule has 4 heterocycles. The SMILES string of the molecule is Cc1cc2nc(N[C@@H](C)c3cncc(F)c3)nc(C(=O)N3CC(N)C3)c2s1. The summed E-state index contributed by atoms with van der Waals surface area (Å²) in [5, 5.41) is 3.15. The second-order valence-corrected chi connectivity index (χ2v) is 8.00. The van der Waals surface area contributed by atoms with Crippen LogP contribution in [-0.4, -0.2) is 44.9 Å². The van der Waals surface area contributed by atoms with Crippen molar-refractivity contribution >= 4 is 33.4 Å². The lowest BCUT2D eigenvalue weighted by molar-refractivity contribution is 0.0604. The van der Waals surface area contributed by atoms with Crippen molar-refractivity contribution in [1.82, 2.24) is 19.9 Å². The molecule has 1 aliphatic heterocycles. The van der Waals surface area contributed by atoms with Crippen molar-refractivity contribution in [1.29, 1.82) is 0 Å². The molecule has 1 fully saturated rings. The standard InChI is InChI=1S/C18H19FN6OS/c1-9-3-14-16(27-9)15(17(26)25-7-13(20)8-25)24-18(23-14)22-10(2)11-4-12(19)6-21-5-11/h3-6,10,13H,7-8,20H2,1-2H3,(H,22,23,24)/t10-/m0/s1. The summed E-state index contributed by atoms with van der Waals surface area (Å²) in [6.07, 6.45) is 2.74. The van der Waals surface area contributed by atoms with Crippen molar-refractivity contribution in [2.45, 2.75) is 25.9 Å². The van der Waals surface area contributed by atoms with Gasteiger partial charge in [0.25, 0.3) is 5.91 Å². The van der Waals surface area contributed by atoms with Gasteiger partial charge in [0.15, 0.2) is 5.69 Å². The van der Waals surface area contributed by atoms with Crippen LogP contribution < -0.4 is 11.1 Å². The van der Waals surface area contributed by atoms with Gasteiger partial charge in [0, 0.05) is 30.2 Å². The van der Waals surface area contributed by atoms with Crippen molar-refractivity contribution < 1.29 is 9.18 Å². The zero-order valence-corrected chi connectivity index (χ0v) is 15.8. The number of anilines is 1. The van der Waals surface area contributed by atoms with Gasteiger partial charge < -0.3 is 16.0 Å². The van der Waals surface area contributed by atoms with Crippen molar-refractivity contribution in [3.8, 4) is 0 Å². The van der Waals surface area contributed by atoms with E-state index < -0.39 is 5.82 Å². The van der Waals surface area contributed by atoms with E-state index in [0.29, 0.717) is 35.8 Å². The number of carbonyl (C=O) groups excluding carboxylic acids is 1. The van der Waals surface area contributed by atoms with E-state index in [0.717, 1.165) is 15.8 Å². The number of aryl methyl sites for hydroxylation is 1. The molecule has 0 radical (unpaired) electrons. The summed E-state index contributed by atoms with van der Waals surface area (Å²) in [4.78, 5) is 28.4.